The van der Waals surface area contributed by atoms with Crippen LogP contribution >= 0.6 is 0 Å². The Labute approximate surface area is 202 Å². The molecule has 0 saturated carbocycles. The summed E-state index contributed by atoms with van der Waals surface area (Å²) >= 11 is 0. The predicted molar refractivity (Wildman–Crippen MR) is 125 cm³/mol. The number of aromatic nitrogens is 4. The van der Waals surface area contributed by atoms with Crippen LogP contribution in [0.2, 0.25) is 0 Å². The Hall–Kier alpha value is -3.51. The van der Waals surface area contributed by atoms with Gasteiger partial charge < -0.3 is 24.4 Å². The lowest BCUT2D eigenvalue weighted by Gasteiger charge is -2.32. The van der Waals surface area contributed by atoms with Crippen LogP contribution in [0.4, 0.5) is 20.3 Å². The molecule has 1 aliphatic rings. The Balaban J connectivity index is 1.31. The molecule has 3 heterocycles. The van der Waals surface area contributed by atoms with E-state index < -0.39 is 18.2 Å². The molecule has 0 atom stereocenters. The maximum absolute atomic E-state index is 14.5. The summed E-state index contributed by atoms with van der Waals surface area (Å²) in [6.07, 6.45) is 6.46. The van der Waals surface area contributed by atoms with Gasteiger partial charge in [-0.3, -0.25) is 9.58 Å². The molecule has 1 N–H and O–H groups in total. The first kappa shape index (κ1) is 24.6. The maximum atomic E-state index is 14.5. The van der Waals surface area contributed by atoms with Gasteiger partial charge in [0, 0.05) is 45.0 Å². The average molecular weight is 490 g/mol. The van der Waals surface area contributed by atoms with Gasteiger partial charge in [-0.2, -0.15) is 5.10 Å². The molecule has 1 aromatic carbocycles. The topological polar surface area (TPSA) is 89.8 Å². The fourth-order valence-electron chi connectivity index (χ4n) is 3.68. The van der Waals surface area contributed by atoms with Gasteiger partial charge in [-0.05, 0) is 7.05 Å². The minimum Gasteiger partial charge on any atom is -0.494 e. The molecule has 0 spiro atoms. The van der Waals surface area contributed by atoms with Gasteiger partial charge in [0.25, 0.3) is 0 Å². The molecule has 188 valence electrons. The number of benzene rings is 1. The number of ether oxygens (including phenoxy) is 3. The van der Waals surface area contributed by atoms with Gasteiger partial charge in [0.15, 0.2) is 23.1 Å². The van der Waals surface area contributed by atoms with Crippen LogP contribution in [-0.4, -0.2) is 83.5 Å². The van der Waals surface area contributed by atoms with E-state index in [1.165, 1.54) is 26.6 Å². The first-order valence-corrected chi connectivity index (χ1v) is 11.2. The van der Waals surface area contributed by atoms with Crippen molar-refractivity contribution >= 4 is 11.5 Å². The van der Waals surface area contributed by atoms with E-state index >= 15 is 0 Å². The van der Waals surface area contributed by atoms with Crippen molar-refractivity contribution in [1.29, 1.82) is 0 Å². The average Bonchev–Trinajstić information content (AvgIpc) is 3.32. The lowest BCUT2D eigenvalue weighted by atomic mass is 10.1. The molecule has 0 unspecified atom stereocenters. The van der Waals surface area contributed by atoms with Crippen molar-refractivity contribution in [3.05, 3.63) is 48.1 Å². The van der Waals surface area contributed by atoms with E-state index in [1.807, 2.05) is 10.9 Å². The van der Waals surface area contributed by atoms with Crippen molar-refractivity contribution < 1.29 is 23.0 Å². The van der Waals surface area contributed by atoms with Gasteiger partial charge >= 0.3 is 0 Å². The molecule has 0 bridgehead atoms. The Kier molecular flexibility index (Phi) is 7.93. The third-order valence-corrected chi connectivity index (χ3v) is 5.80. The van der Waals surface area contributed by atoms with Crippen LogP contribution in [0.15, 0.2) is 30.9 Å². The van der Waals surface area contributed by atoms with Crippen LogP contribution in [0, 0.1) is 11.6 Å². The van der Waals surface area contributed by atoms with Gasteiger partial charge in [-0.15, -0.1) is 0 Å². The van der Waals surface area contributed by atoms with E-state index in [9.17, 15) is 8.78 Å². The van der Waals surface area contributed by atoms with Crippen LogP contribution in [0.3, 0.4) is 0 Å². The lowest BCUT2D eigenvalue weighted by Crippen LogP contribution is -2.45. The molecular weight excluding hydrogens is 460 g/mol. The molecular formula is C23H29F2N7O3. The summed E-state index contributed by atoms with van der Waals surface area (Å²) in [5.41, 5.74) is 0.452. The lowest BCUT2D eigenvalue weighted by molar-refractivity contribution is 0.149. The second-order valence-corrected chi connectivity index (χ2v) is 8.18. The summed E-state index contributed by atoms with van der Waals surface area (Å²) in [6.45, 7) is 5.64. The number of nitrogens with zero attached hydrogens (tertiary/aromatic N) is 6. The molecule has 4 rings (SSSR count). The quantitative estimate of drug-likeness (QED) is 0.461. The zero-order valence-electron chi connectivity index (χ0n) is 20.0. The summed E-state index contributed by atoms with van der Waals surface area (Å²) < 4.78 is 46.2. The zero-order valence-corrected chi connectivity index (χ0v) is 20.0. The van der Waals surface area contributed by atoms with E-state index in [-0.39, 0.29) is 22.9 Å². The van der Waals surface area contributed by atoms with Crippen molar-refractivity contribution in [3.8, 4) is 17.4 Å². The number of piperazine rings is 1. The Morgan fingerprint density at radius 2 is 1.66 bits per heavy atom. The third-order valence-electron chi connectivity index (χ3n) is 5.80. The molecule has 2 aromatic heterocycles. The molecule has 3 aromatic rings. The largest absolute Gasteiger partial charge is 0.494 e. The van der Waals surface area contributed by atoms with Crippen molar-refractivity contribution in [1.82, 2.24) is 29.5 Å². The zero-order chi connectivity index (χ0) is 24.8. The molecule has 0 amide bonds. The van der Waals surface area contributed by atoms with Crippen molar-refractivity contribution in [2.45, 2.75) is 13.2 Å². The molecule has 0 aliphatic carbocycles. The number of halogens is 2. The van der Waals surface area contributed by atoms with Crippen LogP contribution in [0.5, 0.6) is 17.4 Å². The van der Waals surface area contributed by atoms with E-state index in [0.717, 1.165) is 51.0 Å². The van der Waals surface area contributed by atoms with E-state index in [0.29, 0.717) is 5.82 Å². The number of hydrogen-bond acceptors (Lipinski definition) is 9. The SMILES string of the molecule is COc1cc(OC)c(F)c(COc2cnc(Nc3cnn(CCN4CCN(C)CC4)c3)cn2)c1F. The summed E-state index contributed by atoms with van der Waals surface area (Å²) in [5.74, 6) is -1.41. The second-order valence-electron chi connectivity index (χ2n) is 8.18. The number of nitrogens with one attached hydrogen (secondary N) is 1. The molecule has 0 radical (unpaired) electrons. The molecule has 1 aliphatic heterocycles. The number of likely N-dealkylation sites (N-methyl/N-ethyl adjacent to an activating group) is 1. The van der Waals surface area contributed by atoms with Gasteiger partial charge in [0.2, 0.25) is 5.88 Å². The van der Waals surface area contributed by atoms with Crippen molar-refractivity contribution in [2.75, 3.05) is 59.3 Å². The molecule has 10 nitrogen and oxygen atoms in total. The first-order chi connectivity index (χ1) is 17.0. The minimum absolute atomic E-state index is 0.110. The molecule has 12 heteroatoms. The summed E-state index contributed by atoms with van der Waals surface area (Å²) in [7, 11) is 4.71. The molecule has 1 saturated heterocycles. The third kappa shape index (κ3) is 6.14. The van der Waals surface area contributed by atoms with Gasteiger partial charge in [-0.25, -0.2) is 18.7 Å². The van der Waals surface area contributed by atoms with Crippen LogP contribution < -0.4 is 19.5 Å². The fourth-order valence-corrected chi connectivity index (χ4v) is 3.68. The Morgan fingerprint density at radius 1 is 0.943 bits per heavy atom. The highest BCUT2D eigenvalue weighted by atomic mass is 19.1. The highest BCUT2D eigenvalue weighted by molar-refractivity contribution is 5.52. The minimum atomic E-state index is -0.860. The maximum Gasteiger partial charge on any atom is 0.232 e. The van der Waals surface area contributed by atoms with E-state index in [2.05, 4.69) is 37.2 Å². The molecule has 1 fully saturated rings. The predicted octanol–water partition coefficient (Wildman–Crippen LogP) is 2.54. The summed E-state index contributed by atoms with van der Waals surface area (Å²) in [6, 6.07) is 1.14. The van der Waals surface area contributed by atoms with E-state index in [1.54, 1.807) is 6.20 Å². The van der Waals surface area contributed by atoms with Crippen molar-refractivity contribution in [2.24, 2.45) is 0 Å². The Bertz CT molecular complexity index is 1090. The Morgan fingerprint density at radius 3 is 2.29 bits per heavy atom. The first-order valence-electron chi connectivity index (χ1n) is 11.2. The fraction of sp³-hybridized carbons (Fsp3) is 0.435. The monoisotopic (exact) mass is 489 g/mol. The van der Waals surface area contributed by atoms with Gasteiger partial charge in [-0.1, -0.05) is 0 Å². The van der Waals surface area contributed by atoms with Crippen LogP contribution in [0.25, 0.3) is 0 Å². The number of hydrogen-bond donors (Lipinski definition) is 1. The highest BCUT2D eigenvalue weighted by Gasteiger charge is 2.21. The van der Waals surface area contributed by atoms with Crippen LogP contribution in [-0.2, 0) is 13.2 Å². The number of methoxy groups -OCH3 is 2. The van der Waals surface area contributed by atoms with Gasteiger partial charge in [0.1, 0.15) is 12.4 Å². The summed E-state index contributed by atoms with van der Waals surface area (Å²) in [5, 5.41) is 7.52. The highest BCUT2D eigenvalue weighted by Crippen LogP contribution is 2.31. The summed E-state index contributed by atoms with van der Waals surface area (Å²) in [4.78, 5) is 13.2. The van der Waals surface area contributed by atoms with E-state index in [4.69, 9.17) is 14.2 Å². The molecule has 35 heavy (non-hydrogen) atoms. The van der Waals surface area contributed by atoms with Gasteiger partial charge in [0.05, 0.1) is 50.6 Å². The standard InChI is InChI=1S/C23H29F2N7O3/c1-30-4-6-31(7-5-30)8-9-32-14-16(11-28-32)29-20-12-27-21(13-26-20)35-15-17-22(24)18(33-2)10-19(34-3)23(17)25/h10-14H,4-9,15H2,1-3H3,(H,26,29). The number of anilines is 2. The smallest absolute Gasteiger partial charge is 0.232 e. The second kappa shape index (κ2) is 11.3. The van der Waals surface area contributed by atoms with Crippen LogP contribution in [0.1, 0.15) is 5.56 Å². The normalized spacial score (nSPS) is 14.7. The number of rotatable bonds is 10. The van der Waals surface area contributed by atoms with Crippen molar-refractivity contribution in [3.63, 3.8) is 0 Å².